The lowest BCUT2D eigenvalue weighted by atomic mass is 10.1. The average Bonchev–Trinajstić information content (AvgIpc) is 3.12. The third kappa shape index (κ3) is 2.43. The van der Waals surface area contributed by atoms with E-state index in [1.54, 1.807) is 0 Å². The van der Waals surface area contributed by atoms with Gasteiger partial charge in [-0.25, -0.2) is 0 Å². The standard InChI is InChI=1S/C14H18N4/c1-10-14(9-18(2)17-10)12-5-11(6-15-8-12)7-16-13-3-4-13/h5-6,8-9,13,16H,3-4,7H2,1-2H3. The molecule has 0 unspecified atom stereocenters. The number of pyridine rings is 1. The SMILES string of the molecule is Cc1nn(C)cc1-c1cncc(CNC2CC2)c1. The second kappa shape index (κ2) is 4.53. The Labute approximate surface area is 107 Å². The lowest BCUT2D eigenvalue weighted by Gasteiger charge is -2.05. The van der Waals surface area contributed by atoms with Gasteiger partial charge in [0.05, 0.1) is 5.69 Å². The van der Waals surface area contributed by atoms with E-state index in [9.17, 15) is 0 Å². The molecule has 1 fully saturated rings. The van der Waals surface area contributed by atoms with E-state index in [1.165, 1.54) is 24.0 Å². The molecule has 3 rings (SSSR count). The molecule has 1 saturated carbocycles. The predicted octanol–water partition coefficient (Wildman–Crippen LogP) is 2.04. The Kier molecular flexibility index (Phi) is 2.88. The highest BCUT2D eigenvalue weighted by molar-refractivity contribution is 5.64. The summed E-state index contributed by atoms with van der Waals surface area (Å²) in [5.41, 5.74) is 4.60. The second-order valence-corrected chi connectivity index (χ2v) is 5.04. The predicted molar refractivity (Wildman–Crippen MR) is 71.0 cm³/mol. The fourth-order valence-corrected chi connectivity index (χ4v) is 2.16. The van der Waals surface area contributed by atoms with Gasteiger partial charge < -0.3 is 5.32 Å². The fourth-order valence-electron chi connectivity index (χ4n) is 2.16. The van der Waals surface area contributed by atoms with Gasteiger partial charge in [0, 0.05) is 49.4 Å². The van der Waals surface area contributed by atoms with Crippen LogP contribution in [0.15, 0.2) is 24.7 Å². The van der Waals surface area contributed by atoms with Gasteiger partial charge in [0.2, 0.25) is 0 Å². The summed E-state index contributed by atoms with van der Waals surface area (Å²) >= 11 is 0. The van der Waals surface area contributed by atoms with Crippen molar-refractivity contribution in [2.45, 2.75) is 32.4 Å². The third-order valence-electron chi connectivity index (χ3n) is 3.29. The van der Waals surface area contributed by atoms with Crippen molar-refractivity contribution in [1.29, 1.82) is 0 Å². The molecule has 0 aromatic carbocycles. The smallest absolute Gasteiger partial charge is 0.0672 e. The molecule has 1 aliphatic carbocycles. The minimum atomic E-state index is 0.730. The molecule has 1 N–H and O–H groups in total. The molecule has 4 nitrogen and oxygen atoms in total. The number of aromatic nitrogens is 3. The van der Waals surface area contributed by atoms with Crippen LogP contribution in [0.25, 0.3) is 11.1 Å². The van der Waals surface area contributed by atoms with Crippen molar-refractivity contribution in [1.82, 2.24) is 20.1 Å². The van der Waals surface area contributed by atoms with Gasteiger partial charge in [-0.05, 0) is 31.4 Å². The number of nitrogens with one attached hydrogen (secondary N) is 1. The third-order valence-corrected chi connectivity index (χ3v) is 3.29. The van der Waals surface area contributed by atoms with Gasteiger partial charge in [-0.15, -0.1) is 0 Å². The summed E-state index contributed by atoms with van der Waals surface area (Å²) in [5.74, 6) is 0. The first kappa shape index (κ1) is 11.4. The molecular formula is C14H18N4. The molecule has 0 spiro atoms. The van der Waals surface area contributed by atoms with Crippen molar-refractivity contribution in [2.24, 2.45) is 7.05 Å². The minimum Gasteiger partial charge on any atom is -0.310 e. The zero-order chi connectivity index (χ0) is 12.5. The molecule has 0 radical (unpaired) electrons. The van der Waals surface area contributed by atoms with Gasteiger partial charge in [0.25, 0.3) is 0 Å². The monoisotopic (exact) mass is 242 g/mol. The van der Waals surface area contributed by atoms with Crippen LogP contribution in [0.5, 0.6) is 0 Å². The van der Waals surface area contributed by atoms with Gasteiger partial charge in [0.1, 0.15) is 0 Å². The molecule has 0 atom stereocenters. The van der Waals surface area contributed by atoms with Gasteiger partial charge in [-0.3, -0.25) is 9.67 Å². The zero-order valence-electron chi connectivity index (χ0n) is 10.8. The Morgan fingerprint density at radius 1 is 1.39 bits per heavy atom. The van der Waals surface area contributed by atoms with Crippen LogP contribution in [0.2, 0.25) is 0 Å². The first-order valence-electron chi connectivity index (χ1n) is 6.40. The van der Waals surface area contributed by atoms with Crippen LogP contribution in [0.1, 0.15) is 24.1 Å². The van der Waals surface area contributed by atoms with Crippen molar-refractivity contribution in [3.8, 4) is 11.1 Å². The van der Waals surface area contributed by atoms with E-state index in [-0.39, 0.29) is 0 Å². The largest absolute Gasteiger partial charge is 0.310 e. The van der Waals surface area contributed by atoms with Crippen molar-refractivity contribution >= 4 is 0 Å². The molecule has 2 aromatic rings. The number of aryl methyl sites for hydroxylation is 2. The van der Waals surface area contributed by atoms with Crippen molar-refractivity contribution < 1.29 is 0 Å². The Balaban J connectivity index is 1.82. The second-order valence-electron chi connectivity index (χ2n) is 5.04. The van der Waals surface area contributed by atoms with E-state index in [1.807, 2.05) is 37.2 Å². The van der Waals surface area contributed by atoms with Gasteiger partial charge >= 0.3 is 0 Å². The van der Waals surface area contributed by atoms with Crippen molar-refractivity contribution in [2.75, 3.05) is 0 Å². The summed E-state index contributed by atoms with van der Waals surface area (Å²) < 4.78 is 1.85. The van der Waals surface area contributed by atoms with E-state index in [2.05, 4.69) is 21.5 Å². The van der Waals surface area contributed by atoms with Gasteiger partial charge in [0.15, 0.2) is 0 Å². The van der Waals surface area contributed by atoms with E-state index < -0.39 is 0 Å². The van der Waals surface area contributed by atoms with Crippen LogP contribution >= 0.6 is 0 Å². The first-order chi connectivity index (χ1) is 8.72. The van der Waals surface area contributed by atoms with E-state index in [4.69, 9.17) is 0 Å². The molecule has 2 aromatic heterocycles. The van der Waals surface area contributed by atoms with Gasteiger partial charge in [-0.1, -0.05) is 0 Å². The molecule has 94 valence electrons. The molecule has 0 saturated heterocycles. The van der Waals surface area contributed by atoms with E-state index in [0.29, 0.717) is 0 Å². The summed E-state index contributed by atoms with van der Waals surface area (Å²) in [6.07, 6.45) is 8.52. The molecule has 0 bridgehead atoms. The maximum absolute atomic E-state index is 4.37. The number of nitrogens with zero attached hydrogens (tertiary/aromatic N) is 3. The molecule has 4 heteroatoms. The summed E-state index contributed by atoms with van der Waals surface area (Å²) in [6, 6.07) is 2.93. The van der Waals surface area contributed by atoms with Crippen LogP contribution in [0.4, 0.5) is 0 Å². The van der Waals surface area contributed by atoms with Crippen LogP contribution in [0, 0.1) is 6.92 Å². The van der Waals surface area contributed by atoms with Crippen LogP contribution < -0.4 is 5.32 Å². The summed E-state index contributed by atoms with van der Waals surface area (Å²) in [4.78, 5) is 4.33. The average molecular weight is 242 g/mol. The van der Waals surface area contributed by atoms with Crippen LogP contribution in [-0.4, -0.2) is 20.8 Å². The maximum Gasteiger partial charge on any atom is 0.0672 e. The Bertz CT molecular complexity index is 555. The van der Waals surface area contributed by atoms with Gasteiger partial charge in [-0.2, -0.15) is 5.10 Å². The minimum absolute atomic E-state index is 0.730. The number of hydrogen-bond donors (Lipinski definition) is 1. The van der Waals surface area contributed by atoms with Crippen molar-refractivity contribution in [3.63, 3.8) is 0 Å². The fraction of sp³-hybridized carbons (Fsp3) is 0.429. The van der Waals surface area contributed by atoms with E-state index >= 15 is 0 Å². The first-order valence-corrected chi connectivity index (χ1v) is 6.40. The summed E-state index contributed by atoms with van der Waals surface area (Å²) in [7, 11) is 1.95. The van der Waals surface area contributed by atoms with Crippen LogP contribution in [-0.2, 0) is 13.6 Å². The van der Waals surface area contributed by atoms with E-state index in [0.717, 1.165) is 23.8 Å². The molecule has 0 amide bonds. The molecule has 18 heavy (non-hydrogen) atoms. The normalized spacial score (nSPS) is 15.0. The topological polar surface area (TPSA) is 42.7 Å². The lowest BCUT2D eigenvalue weighted by Crippen LogP contribution is -2.15. The zero-order valence-corrected chi connectivity index (χ0v) is 10.8. The van der Waals surface area contributed by atoms with Crippen LogP contribution in [0.3, 0.4) is 0 Å². The molecule has 1 aliphatic rings. The summed E-state index contributed by atoms with van der Waals surface area (Å²) in [5, 5.41) is 7.89. The highest BCUT2D eigenvalue weighted by atomic mass is 15.2. The highest BCUT2D eigenvalue weighted by Crippen LogP contribution is 2.23. The highest BCUT2D eigenvalue weighted by Gasteiger charge is 2.20. The molecule has 0 aliphatic heterocycles. The number of hydrogen-bond acceptors (Lipinski definition) is 3. The maximum atomic E-state index is 4.37. The quantitative estimate of drug-likeness (QED) is 0.892. The lowest BCUT2D eigenvalue weighted by molar-refractivity contribution is 0.686. The molecular weight excluding hydrogens is 224 g/mol. The number of rotatable bonds is 4. The Hall–Kier alpha value is -1.68. The summed E-state index contributed by atoms with van der Waals surface area (Å²) in [6.45, 7) is 2.94. The van der Waals surface area contributed by atoms with Crippen molar-refractivity contribution in [3.05, 3.63) is 35.9 Å². The Morgan fingerprint density at radius 3 is 2.89 bits per heavy atom. The molecule has 2 heterocycles. The Morgan fingerprint density at radius 2 is 2.22 bits per heavy atom.